The van der Waals surface area contributed by atoms with Crippen LogP contribution in [0.2, 0.25) is 0 Å². The van der Waals surface area contributed by atoms with Crippen molar-refractivity contribution in [1.82, 2.24) is 0 Å². The molecule has 0 heterocycles. The summed E-state index contributed by atoms with van der Waals surface area (Å²) < 4.78 is 5.78. The van der Waals surface area contributed by atoms with Gasteiger partial charge in [-0.3, -0.25) is 10.1 Å². The summed E-state index contributed by atoms with van der Waals surface area (Å²) in [6, 6.07) is 22.3. The lowest BCUT2D eigenvalue weighted by atomic mass is 10.0. The molecule has 5 heteroatoms. The van der Waals surface area contributed by atoms with Gasteiger partial charge in [-0.15, -0.1) is 0 Å². The number of rotatable bonds is 5. The molecule has 0 radical (unpaired) electrons. The molecule has 0 amide bonds. The predicted molar refractivity (Wildman–Crippen MR) is 96.2 cm³/mol. The lowest BCUT2D eigenvalue weighted by Crippen LogP contribution is -1.95. The SMILES string of the molecule is Cc1cccc(-c2cccc([N+](=O)[O-])c2OSc2ccccc2)c1. The first kappa shape index (κ1) is 16.1. The number of para-hydroxylation sites is 1. The van der Waals surface area contributed by atoms with Crippen LogP contribution in [0.25, 0.3) is 11.1 Å². The van der Waals surface area contributed by atoms with Gasteiger partial charge in [0.25, 0.3) is 0 Å². The lowest BCUT2D eigenvalue weighted by Gasteiger charge is -2.11. The number of nitrogens with zero attached hydrogens (tertiary/aromatic N) is 1. The van der Waals surface area contributed by atoms with Crippen LogP contribution < -0.4 is 4.18 Å². The maximum absolute atomic E-state index is 11.4. The second-order valence-corrected chi connectivity index (χ2v) is 6.06. The first-order valence-corrected chi connectivity index (χ1v) is 8.13. The third-order valence-electron chi connectivity index (χ3n) is 3.48. The molecule has 0 N–H and O–H groups in total. The average molecular weight is 337 g/mol. The van der Waals surface area contributed by atoms with Crippen LogP contribution in [0.15, 0.2) is 77.7 Å². The van der Waals surface area contributed by atoms with E-state index in [1.165, 1.54) is 6.07 Å². The van der Waals surface area contributed by atoms with Gasteiger partial charge >= 0.3 is 5.69 Å². The molecule has 3 rings (SSSR count). The molecule has 0 aliphatic heterocycles. The molecule has 0 fully saturated rings. The number of benzene rings is 3. The van der Waals surface area contributed by atoms with Crippen LogP contribution in [0, 0.1) is 17.0 Å². The Hall–Kier alpha value is -2.79. The quantitative estimate of drug-likeness (QED) is 0.342. The van der Waals surface area contributed by atoms with Crippen molar-refractivity contribution in [3.05, 3.63) is 88.5 Å². The number of hydrogen-bond acceptors (Lipinski definition) is 4. The summed E-state index contributed by atoms with van der Waals surface area (Å²) in [6.45, 7) is 1.99. The Morgan fingerprint density at radius 2 is 1.71 bits per heavy atom. The summed E-state index contributed by atoms with van der Waals surface area (Å²) in [6.07, 6.45) is 0. The Morgan fingerprint density at radius 1 is 0.958 bits per heavy atom. The van der Waals surface area contributed by atoms with E-state index >= 15 is 0 Å². The summed E-state index contributed by atoms with van der Waals surface area (Å²) in [5, 5.41) is 11.4. The molecule has 3 aromatic rings. The Bertz CT molecular complexity index is 865. The number of aryl methyl sites for hydroxylation is 1. The fourth-order valence-electron chi connectivity index (χ4n) is 2.36. The number of hydrogen-bond donors (Lipinski definition) is 0. The van der Waals surface area contributed by atoms with Crippen molar-refractivity contribution in [2.24, 2.45) is 0 Å². The minimum absolute atomic E-state index is 0.0440. The Balaban J connectivity index is 2.02. The van der Waals surface area contributed by atoms with Crippen LogP contribution >= 0.6 is 12.0 Å². The molecular weight excluding hydrogens is 322 g/mol. The van der Waals surface area contributed by atoms with Crippen molar-refractivity contribution in [1.29, 1.82) is 0 Å². The van der Waals surface area contributed by atoms with Crippen LogP contribution in [-0.2, 0) is 0 Å². The van der Waals surface area contributed by atoms with Gasteiger partial charge in [0.15, 0.2) is 0 Å². The molecule has 3 aromatic carbocycles. The van der Waals surface area contributed by atoms with E-state index < -0.39 is 4.92 Å². The monoisotopic (exact) mass is 337 g/mol. The summed E-state index contributed by atoms with van der Waals surface area (Å²) in [4.78, 5) is 11.9. The summed E-state index contributed by atoms with van der Waals surface area (Å²) in [7, 11) is 0. The van der Waals surface area contributed by atoms with Crippen LogP contribution in [0.5, 0.6) is 5.75 Å². The van der Waals surface area contributed by atoms with Crippen molar-refractivity contribution in [2.45, 2.75) is 11.8 Å². The lowest BCUT2D eigenvalue weighted by molar-refractivity contribution is -0.385. The Morgan fingerprint density at radius 3 is 2.42 bits per heavy atom. The largest absolute Gasteiger partial charge is 0.413 e. The number of nitro benzene ring substituents is 1. The van der Waals surface area contributed by atoms with Crippen molar-refractivity contribution in [2.75, 3.05) is 0 Å². The van der Waals surface area contributed by atoms with E-state index in [9.17, 15) is 10.1 Å². The van der Waals surface area contributed by atoms with E-state index in [1.54, 1.807) is 6.07 Å². The fourth-order valence-corrected chi connectivity index (χ4v) is 2.98. The number of nitro groups is 1. The third-order valence-corrected chi connectivity index (χ3v) is 4.20. The standard InChI is InChI=1S/C19H15NO3S/c1-14-7-5-8-15(13-14)17-11-6-12-18(20(21)22)19(17)23-24-16-9-3-2-4-10-16/h2-13H,1H3. The zero-order chi connectivity index (χ0) is 16.9. The van der Waals surface area contributed by atoms with Crippen molar-refractivity contribution < 1.29 is 9.11 Å². The third kappa shape index (κ3) is 3.58. The molecule has 4 nitrogen and oxygen atoms in total. The van der Waals surface area contributed by atoms with Gasteiger partial charge < -0.3 is 4.18 Å². The van der Waals surface area contributed by atoms with E-state index in [4.69, 9.17) is 4.18 Å². The van der Waals surface area contributed by atoms with Crippen LogP contribution in [-0.4, -0.2) is 4.92 Å². The normalized spacial score (nSPS) is 10.4. The second-order valence-electron chi connectivity index (χ2n) is 5.26. The molecule has 0 bridgehead atoms. The smallest absolute Gasteiger partial charge is 0.313 e. The van der Waals surface area contributed by atoms with Gasteiger partial charge in [0.05, 0.1) is 17.0 Å². The van der Waals surface area contributed by atoms with Gasteiger partial charge in [-0.05, 0) is 24.6 Å². The Labute approximate surface area is 144 Å². The molecule has 0 saturated carbocycles. The van der Waals surface area contributed by atoms with E-state index in [1.807, 2.05) is 67.6 Å². The minimum Gasteiger partial charge on any atom is -0.413 e. The molecule has 0 aliphatic rings. The van der Waals surface area contributed by atoms with Crippen LogP contribution in [0.3, 0.4) is 0 Å². The second kappa shape index (κ2) is 7.19. The molecule has 120 valence electrons. The summed E-state index contributed by atoms with van der Waals surface area (Å²) in [5.41, 5.74) is 2.64. The molecule has 0 spiro atoms. The van der Waals surface area contributed by atoms with Gasteiger partial charge in [0.1, 0.15) is 0 Å². The van der Waals surface area contributed by atoms with Gasteiger partial charge in [-0.2, -0.15) is 0 Å². The maximum atomic E-state index is 11.4. The topological polar surface area (TPSA) is 52.4 Å². The maximum Gasteiger partial charge on any atom is 0.313 e. The van der Waals surface area contributed by atoms with Gasteiger partial charge in [-0.1, -0.05) is 60.2 Å². The predicted octanol–water partition coefficient (Wildman–Crippen LogP) is 5.66. The molecule has 0 aliphatic carbocycles. The molecule has 24 heavy (non-hydrogen) atoms. The summed E-state index contributed by atoms with van der Waals surface area (Å²) in [5.74, 6) is 0.266. The van der Waals surface area contributed by atoms with E-state index in [2.05, 4.69) is 0 Å². The highest BCUT2D eigenvalue weighted by Gasteiger charge is 2.21. The van der Waals surface area contributed by atoms with Crippen molar-refractivity contribution in [3.63, 3.8) is 0 Å². The zero-order valence-electron chi connectivity index (χ0n) is 13.0. The molecule has 0 aromatic heterocycles. The van der Waals surface area contributed by atoms with E-state index in [0.29, 0.717) is 5.56 Å². The van der Waals surface area contributed by atoms with E-state index in [-0.39, 0.29) is 11.4 Å². The zero-order valence-corrected chi connectivity index (χ0v) is 13.8. The first-order valence-electron chi connectivity index (χ1n) is 7.39. The Kier molecular flexibility index (Phi) is 4.82. The van der Waals surface area contributed by atoms with Crippen molar-refractivity contribution >= 4 is 17.7 Å². The highest BCUT2D eigenvalue weighted by Crippen LogP contribution is 2.40. The minimum atomic E-state index is -0.416. The molecule has 0 atom stereocenters. The molecule has 0 unspecified atom stereocenters. The van der Waals surface area contributed by atoms with Gasteiger partial charge in [0, 0.05) is 16.5 Å². The van der Waals surface area contributed by atoms with E-state index in [0.717, 1.165) is 28.1 Å². The van der Waals surface area contributed by atoms with Crippen LogP contribution in [0.1, 0.15) is 5.56 Å². The first-order chi connectivity index (χ1) is 11.6. The highest BCUT2D eigenvalue weighted by atomic mass is 32.2. The molecule has 0 saturated heterocycles. The highest BCUT2D eigenvalue weighted by molar-refractivity contribution is 7.95. The van der Waals surface area contributed by atoms with Crippen LogP contribution in [0.4, 0.5) is 5.69 Å². The molecular formula is C19H15NO3S. The summed E-state index contributed by atoms with van der Waals surface area (Å²) >= 11 is 1.11. The van der Waals surface area contributed by atoms with Gasteiger partial charge in [-0.25, -0.2) is 0 Å². The average Bonchev–Trinajstić information content (AvgIpc) is 2.60. The van der Waals surface area contributed by atoms with Crippen molar-refractivity contribution in [3.8, 4) is 16.9 Å². The fraction of sp³-hybridized carbons (Fsp3) is 0.0526. The van der Waals surface area contributed by atoms with Gasteiger partial charge in [0.2, 0.25) is 5.75 Å².